The summed E-state index contributed by atoms with van der Waals surface area (Å²) < 4.78 is 31.5. The number of hydrogen-bond acceptors (Lipinski definition) is 2. The Kier molecular flexibility index (Phi) is 2.95. The fourth-order valence-corrected chi connectivity index (χ4v) is 1.52. The van der Waals surface area contributed by atoms with Gasteiger partial charge >= 0.3 is 0 Å². The van der Waals surface area contributed by atoms with E-state index in [0.29, 0.717) is 11.4 Å². The number of benzene rings is 2. The lowest BCUT2D eigenvalue weighted by atomic mass is 10.2. The Morgan fingerprint density at radius 1 is 1.06 bits per heavy atom. The summed E-state index contributed by atoms with van der Waals surface area (Å²) in [6, 6.07) is 8.05. The first-order valence-electron chi connectivity index (χ1n) is 5.04. The molecule has 0 radical (unpaired) electrons. The first-order valence-corrected chi connectivity index (χ1v) is 5.04. The second-order valence-electron chi connectivity index (χ2n) is 3.76. The molecule has 2 aromatic rings. The number of nitrogen functional groups attached to an aromatic ring is 1. The molecular formula is C13H11F2NO. The molecule has 0 atom stereocenters. The van der Waals surface area contributed by atoms with Crippen LogP contribution in [0.4, 0.5) is 14.5 Å². The molecule has 17 heavy (non-hydrogen) atoms. The molecule has 0 aromatic heterocycles. The standard InChI is InChI=1S/C13H11F2NO/c1-8-4-10(16)7-11(5-8)17-13-6-9(14)2-3-12(13)15/h2-7H,16H2,1H3. The summed E-state index contributed by atoms with van der Waals surface area (Å²) in [6.45, 7) is 1.84. The summed E-state index contributed by atoms with van der Waals surface area (Å²) in [5.41, 5.74) is 7.03. The molecule has 0 unspecified atom stereocenters. The Bertz CT molecular complexity index is 535. The molecule has 0 aliphatic rings. The van der Waals surface area contributed by atoms with E-state index in [-0.39, 0.29) is 5.75 Å². The fourth-order valence-electron chi connectivity index (χ4n) is 1.52. The predicted octanol–water partition coefficient (Wildman–Crippen LogP) is 3.65. The SMILES string of the molecule is Cc1cc(N)cc(Oc2cc(F)ccc2F)c1. The van der Waals surface area contributed by atoms with Crippen molar-refractivity contribution in [2.24, 2.45) is 0 Å². The molecule has 2 nitrogen and oxygen atoms in total. The Labute approximate surface area is 97.6 Å². The Balaban J connectivity index is 2.34. The topological polar surface area (TPSA) is 35.2 Å². The third kappa shape index (κ3) is 2.72. The average Bonchev–Trinajstić information content (AvgIpc) is 2.22. The maximum Gasteiger partial charge on any atom is 0.165 e. The number of nitrogens with two attached hydrogens (primary N) is 1. The molecule has 0 aliphatic carbocycles. The van der Waals surface area contributed by atoms with Crippen molar-refractivity contribution in [3.8, 4) is 11.5 Å². The first kappa shape index (κ1) is 11.4. The average molecular weight is 235 g/mol. The van der Waals surface area contributed by atoms with Crippen molar-refractivity contribution in [1.82, 2.24) is 0 Å². The summed E-state index contributed by atoms with van der Waals surface area (Å²) in [7, 11) is 0. The van der Waals surface area contributed by atoms with E-state index in [1.54, 1.807) is 18.2 Å². The molecule has 0 aliphatic heterocycles. The maximum absolute atomic E-state index is 13.3. The van der Waals surface area contributed by atoms with Gasteiger partial charge in [0.25, 0.3) is 0 Å². The largest absolute Gasteiger partial charge is 0.454 e. The second-order valence-corrected chi connectivity index (χ2v) is 3.76. The van der Waals surface area contributed by atoms with Crippen LogP contribution >= 0.6 is 0 Å². The Hall–Kier alpha value is -2.10. The van der Waals surface area contributed by atoms with E-state index in [9.17, 15) is 8.78 Å². The monoisotopic (exact) mass is 235 g/mol. The van der Waals surface area contributed by atoms with Crippen molar-refractivity contribution < 1.29 is 13.5 Å². The normalized spacial score (nSPS) is 10.3. The van der Waals surface area contributed by atoms with Gasteiger partial charge in [-0.25, -0.2) is 8.78 Å². The maximum atomic E-state index is 13.3. The molecule has 0 heterocycles. The molecule has 2 aromatic carbocycles. The van der Waals surface area contributed by atoms with Crippen LogP contribution in [0.2, 0.25) is 0 Å². The van der Waals surface area contributed by atoms with Crippen LogP contribution in [0, 0.1) is 18.6 Å². The van der Waals surface area contributed by atoms with Gasteiger partial charge < -0.3 is 10.5 Å². The van der Waals surface area contributed by atoms with Gasteiger partial charge in [0, 0.05) is 17.8 Å². The zero-order valence-electron chi connectivity index (χ0n) is 9.21. The van der Waals surface area contributed by atoms with Crippen molar-refractivity contribution >= 4 is 5.69 Å². The van der Waals surface area contributed by atoms with Gasteiger partial charge in [-0.15, -0.1) is 0 Å². The lowest BCUT2D eigenvalue weighted by Gasteiger charge is -2.08. The predicted molar refractivity (Wildman–Crippen MR) is 62.0 cm³/mol. The molecule has 4 heteroatoms. The molecule has 0 fully saturated rings. The van der Waals surface area contributed by atoms with Crippen LogP contribution in [-0.4, -0.2) is 0 Å². The van der Waals surface area contributed by atoms with Gasteiger partial charge in [-0.3, -0.25) is 0 Å². The number of halogens is 2. The molecule has 0 amide bonds. The van der Waals surface area contributed by atoms with Gasteiger partial charge in [-0.2, -0.15) is 0 Å². The van der Waals surface area contributed by atoms with Crippen LogP contribution < -0.4 is 10.5 Å². The van der Waals surface area contributed by atoms with Crippen molar-refractivity contribution in [2.75, 3.05) is 5.73 Å². The van der Waals surface area contributed by atoms with E-state index < -0.39 is 11.6 Å². The highest BCUT2D eigenvalue weighted by atomic mass is 19.1. The fraction of sp³-hybridized carbons (Fsp3) is 0.0769. The number of rotatable bonds is 2. The number of ether oxygens (including phenoxy) is 1. The highest BCUT2D eigenvalue weighted by Gasteiger charge is 2.07. The van der Waals surface area contributed by atoms with Gasteiger partial charge in [-0.05, 0) is 36.8 Å². The molecule has 0 bridgehead atoms. The molecule has 0 saturated carbocycles. The number of hydrogen-bond donors (Lipinski definition) is 1. The summed E-state index contributed by atoms with van der Waals surface area (Å²) in [4.78, 5) is 0. The summed E-state index contributed by atoms with van der Waals surface area (Å²) in [5.74, 6) is -0.949. The Morgan fingerprint density at radius 3 is 2.53 bits per heavy atom. The molecule has 2 rings (SSSR count). The van der Waals surface area contributed by atoms with Crippen molar-refractivity contribution in [2.45, 2.75) is 6.92 Å². The summed E-state index contributed by atoms with van der Waals surface area (Å²) in [6.07, 6.45) is 0. The van der Waals surface area contributed by atoms with Crippen LogP contribution in [0.3, 0.4) is 0 Å². The van der Waals surface area contributed by atoms with Gasteiger partial charge in [0.15, 0.2) is 11.6 Å². The van der Waals surface area contributed by atoms with Crippen LogP contribution in [0.5, 0.6) is 11.5 Å². The van der Waals surface area contributed by atoms with E-state index in [0.717, 1.165) is 23.8 Å². The van der Waals surface area contributed by atoms with Crippen molar-refractivity contribution in [3.63, 3.8) is 0 Å². The lowest BCUT2D eigenvalue weighted by molar-refractivity contribution is 0.436. The van der Waals surface area contributed by atoms with Gasteiger partial charge in [0.2, 0.25) is 0 Å². The van der Waals surface area contributed by atoms with Crippen LogP contribution in [-0.2, 0) is 0 Å². The third-order valence-electron chi connectivity index (χ3n) is 2.19. The molecule has 0 spiro atoms. The van der Waals surface area contributed by atoms with E-state index in [4.69, 9.17) is 10.5 Å². The second kappa shape index (κ2) is 4.41. The van der Waals surface area contributed by atoms with Crippen molar-refractivity contribution in [3.05, 3.63) is 53.6 Å². The zero-order valence-corrected chi connectivity index (χ0v) is 9.21. The minimum atomic E-state index is -0.619. The third-order valence-corrected chi connectivity index (χ3v) is 2.19. The van der Waals surface area contributed by atoms with Crippen molar-refractivity contribution in [1.29, 1.82) is 0 Å². The van der Waals surface area contributed by atoms with E-state index in [2.05, 4.69) is 0 Å². The highest BCUT2D eigenvalue weighted by Crippen LogP contribution is 2.27. The quantitative estimate of drug-likeness (QED) is 0.806. The number of aryl methyl sites for hydroxylation is 1. The summed E-state index contributed by atoms with van der Waals surface area (Å²) in [5, 5.41) is 0. The summed E-state index contributed by atoms with van der Waals surface area (Å²) >= 11 is 0. The van der Waals surface area contributed by atoms with Crippen LogP contribution in [0.1, 0.15) is 5.56 Å². The Morgan fingerprint density at radius 2 is 1.82 bits per heavy atom. The van der Waals surface area contributed by atoms with Crippen LogP contribution in [0.15, 0.2) is 36.4 Å². The highest BCUT2D eigenvalue weighted by molar-refractivity contribution is 5.48. The van der Waals surface area contributed by atoms with Crippen LogP contribution in [0.25, 0.3) is 0 Å². The van der Waals surface area contributed by atoms with E-state index >= 15 is 0 Å². The number of anilines is 1. The zero-order chi connectivity index (χ0) is 12.4. The molecule has 88 valence electrons. The molecule has 0 saturated heterocycles. The van der Waals surface area contributed by atoms with E-state index in [1.807, 2.05) is 6.92 Å². The minimum absolute atomic E-state index is 0.157. The molecular weight excluding hydrogens is 224 g/mol. The smallest absolute Gasteiger partial charge is 0.165 e. The van der Waals surface area contributed by atoms with E-state index in [1.165, 1.54) is 0 Å². The minimum Gasteiger partial charge on any atom is -0.454 e. The van der Waals surface area contributed by atoms with Gasteiger partial charge in [0.05, 0.1) is 0 Å². The lowest BCUT2D eigenvalue weighted by Crippen LogP contribution is -1.92. The molecule has 2 N–H and O–H groups in total. The van der Waals surface area contributed by atoms with Gasteiger partial charge in [0.1, 0.15) is 11.6 Å². The van der Waals surface area contributed by atoms with Gasteiger partial charge in [-0.1, -0.05) is 0 Å². The first-order chi connectivity index (χ1) is 8.04.